The largest absolute Gasteiger partial charge is 0.399 e. The van der Waals surface area contributed by atoms with E-state index in [1.807, 2.05) is 12.1 Å². The predicted octanol–water partition coefficient (Wildman–Crippen LogP) is 2.45. The van der Waals surface area contributed by atoms with Gasteiger partial charge in [-0.2, -0.15) is 0 Å². The number of likely N-dealkylation sites (N-methyl/N-ethyl adjacent to an activating group) is 1. The molecular weight excluding hydrogens is 246 g/mol. The van der Waals surface area contributed by atoms with Gasteiger partial charge >= 0.3 is 0 Å². The van der Waals surface area contributed by atoms with E-state index in [0.29, 0.717) is 6.04 Å². The minimum Gasteiger partial charge on any atom is -0.399 e. The third kappa shape index (κ3) is 3.37. The van der Waals surface area contributed by atoms with Crippen LogP contribution in [-0.4, -0.2) is 42.5 Å². The highest BCUT2D eigenvalue weighted by atomic mass is 35.5. The second kappa shape index (κ2) is 5.91. The minimum atomic E-state index is 0.662. The Bertz CT molecular complexity index is 388. The van der Waals surface area contributed by atoms with Gasteiger partial charge in [-0.05, 0) is 37.2 Å². The Balaban J connectivity index is 2.01. The number of halogens is 1. The summed E-state index contributed by atoms with van der Waals surface area (Å²) in [6.45, 7) is 6.56. The third-order valence-corrected chi connectivity index (χ3v) is 3.94. The molecule has 0 radical (unpaired) electrons. The van der Waals surface area contributed by atoms with Crippen molar-refractivity contribution < 1.29 is 0 Å². The SMILES string of the molecule is CCC1CN(Cc2cc(N)cc(Cl)c2)CCN1C. The first-order valence-electron chi connectivity index (χ1n) is 6.56. The highest BCUT2D eigenvalue weighted by Gasteiger charge is 2.22. The first-order valence-corrected chi connectivity index (χ1v) is 6.94. The molecule has 0 aliphatic carbocycles. The number of nitrogens with two attached hydrogens (primary N) is 1. The van der Waals surface area contributed by atoms with Crippen LogP contribution in [0.1, 0.15) is 18.9 Å². The number of anilines is 1. The van der Waals surface area contributed by atoms with Crippen LogP contribution in [0.25, 0.3) is 0 Å². The van der Waals surface area contributed by atoms with Crippen LogP contribution in [0.15, 0.2) is 18.2 Å². The average Bonchev–Trinajstić information content (AvgIpc) is 2.30. The molecule has 3 nitrogen and oxygen atoms in total. The van der Waals surface area contributed by atoms with Crippen molar-refractivity contribution in [2.75, 3.05) is 32.4 Å². The van der Waals surface area contributed by atoms with Gasteiger partial charge in [-0.1, -0.05) is 18.5 Å². The summed E-state index contributed by atoms with van der Waals surface area (Å²) >= 11 is 6.04. The van der Waals surface area contributed by atoms with Gasteiger partial charge in [-0.15, -0.1) is 0 Å². The predicted molar refractivity (Wildman–Crippen MR) is 77.9 cm³/mol. The maximum Gasteiger partial charge on any atom is 0.0429 e. The number of hydrogen-bond donors (Lipinski definition) is 1. The van der Waals surface area contributed by atoms with E-state index in [-0.39, 0.29) is 0 Å². The molecule has 4 heteroatoms. The van der Waals surface area contributed by atoms with Gasteiger partial charge in [0.2, 0.25) is 0 Å². The zero-order valence-electron chi connectivity index (χ0n) is 11.2. The Kier molecular flexibility index (Phi) is 4.49. The van der Waals surface area contributed by atoms with Crippen LogP contribution in [0, 0.1) is 0 Å². The quantitative estimate of drug-likeness (QED) is 0.854. The third-order valence-electron chi connectivity index (χ3n) is 3.72. The lowest BCUT2D eigenvalue weighted by atomic mass is 10.1. The molecular formula is C14H22ClN3. The van der Waals surface area contributed by atoms with E-state index < -0.39 is 0 Å². The van der Waals surface area contributed by atoms with Crippen LogP contribution in [0.5, 0.6) is 0 Å². The molecule has 0 aromatic heterocycles. The summed E-state index contributed by atoms with van der Waals surface area (Å²) in [7, 11) is 2.21. The molecule has 0 bridgehead atoms. The highest BCUT2D eigenvalue weighted by molar-refractivity contribution is 6.30. The van der Waals surface area contributed by atoms with E-state index in [2.05, 4.69) is 23.8 Å². The van der Waals surface area contributed by atoms with Gasteiger partial charge in [0, 0.05) is 42.9 Å². The molecule has 2 N–H and O–H groups in total. The zero-order chi connectivity index (χ0) is 13.1. The van der Waals surface area contributed by atoms with Gasteiger partial charge < -0.3 is 10.6 Å². The summed E-state index contributed by atoms with van der Waals surface area (Å²) in [5.74, 6) is 0. The number of nitrogens with zero attached hydrogens (tertiary/aromatic N) is 2. The van der Waals surface area contributed by atoms with Crippen LogP contribution in [0.3, 0.4) is 0 Å². The van der Waals surface area contributed by atoms with Gasteiger partial charge in [0.25, 0.3) is 0 Å². The second-order valence-electron chi connectivity index (χ2n) is 5.17. The van der Waals surface area contributed by atoms with Crippen molar-refractivity contribution in [3.8, 4) is 0 Å². The van der Waals surface area contributed by atoms with Crippen LogP contribution >= 0.6 is 11.6 Å². The van der Waals surface area contributed by atoms with E-state index in [0.717, 1.165) is 36.9 Å². The summed E-state index contributed by atoms with van der Waals surface area (Å²) in [5, 5.41) is 0.728. The van der Waals surface area contributed by atoms with Crippen molar-refractivity contribution in [1.82, 2.24) is 9.80 Å². The molecule has 1 atom stereocenters. The molecule has 2 rings (SSSR count). The van der Waals surface area contributed by atoms with Crippen molar-refractivity contribution in [2.45, 2.75) is 25.9 Å². The first kappa shape index (κ1) is 13.7. The molecule has 1 aliphatic heterocycles. The number of nitrogen functional groups attached to an aromatic ring is 1. The summed E-state index contributed by atoms with van der Waals surface area (Å²) < 4.78 is 0. The fourth-order valence-corrected chi connectivity index (χ4v) is 2.89. The lowest BCUT2D eigenvalue weighted by molar-refractivity contribution is 0.0884. The normalized spacial score (nSPS) is 22.3. The van der Waals surface area contributed by atoms with Gasteiger partial charge in [-0.25, -0.2) is 0 Å². The Morgan fingerprint density at radius 2 is 2.11 bits per heavy atom. The van der Waals surface area contributed by atoms with Crippen LogP contribution in [0.4, 0.5) is 5.69 Å². The Morgan fingerprint density at radius 3 is 2.78 bits per heavy atom. The Morgan fingerprint density at radius 1 is 1.33 bits per heavy atom. The molecule has 1 aromatic carbocycles. The molecule has 1 fully saturated rings. The molecule has 1 unspecified atom stereocenters. The molecule has 1 aliphatic rings. The molecule has 1 aromatic rings. The van der Waals surface area contributed by atoms with Gasteiger partial charge in [0.15, 0.2) is 0 Å². The monoisotopic (exact) mass is 267 g/mol. The van der Waals surface area contributed by atoms with E-state index in [9.17, 15) is 0 Å². The molecule has 100 valence electrons. The van der Waals surface area contributed by atoms with Gasteiger partial charge in [0.1, 0.15) is 0 Å². The molecule has 18 heavy (non-hydrogen) atoms. The molecule has 0 amide bonds. The highest BCUT2D eigenvalue weighted by Crippen LogP contribution is 2.19. The van der Waals surface area contributed by atoms with E-state index in [1.54, 1.807) is 6.07 Å². The first-order chi connectivity index (χ1) is 8.58. The number of piperazine rings is 1. The minimum absolute atomic E-state index is 0.662. The van der Waals surface area contributed by atoms with Crippen LogP contribution in [-0.2, 0) is 6.54 Å². The maximum atomic E-state index is 6.04. The number of rotatable bonds is 3. The smallest absolute Gasteiger partial charge is 0.0429 e. The Hall–Kier alpha value is -0.770. The summed E-state index contributed by atoms with van der Waals surface area (Å²) in [5.41, 5.74) is 7.79. The van der Waals surface area contributed by atoms with Crippen LogP contribution in [0.2, 0.25) is 5.02 Å². The lowest BCUT2D eigenvalue weighted by Gasteiger charge is -2.39. The maximum absolute atomic E-state index is 6.04. The van der Waals surface area contributed by atoms with Crippen molar-refractivity contribution in [2.24, 2.45) is 0 Å². The molecule has 1 heterocycles. The summed E-state index contributed by atoms with van der Waals surface area (Å²) in [4.78, 5) is 4.93. The number of benzene rings is 1. The molecule has 0 saturated carbocycles. The number of hydrogen-bond acceptors (Lipinski definition) is 3. The second-order valence-corrected chi connectivity index (χ2v) is 5.61. The molecule has 1 saturated heterocycles. The zero-order valence-corrected chi connectivity index (χ0v) is 12.0. The summed E-state index contributed by atoms with van der Waals surface area (Å²) in [6, 6.07) is 6.49. The average molecular weight is 268 g/mol. The Labute approximate surface area is 115 Å². The topological polar surface area (TPSA) is 32.5 Å². The van der Waals surface area contributed by atoms with Crippen molar-refractivity contribution in [1.29, 1.82) is 0 Å². The van der Waals surface area contributed by atoms with Gasteiger partial charge in [0.05, 0.1) is 0 Å². The van der Waals surface area contributed by atoms with Crippen molar-refractivity contribution in [3.05, 3.63) is 28.8 Å². The van der Waals surface area contributed by atoms with Gasteiger partial charge in [-0.3, -0.25) is 4.90 Å². The van der Waals surface area contributed by atoms with Crippen molar-refractivity contribution >= 4 is 17.3 Å². The van der Waals surface area contributed by atoms with E-state index >= 15 is 0 Å². The standard InChI is InChI=1S/C14H22ClN3/c1-3-14-10-18(5-4-17(14)2)9-11-6-12(15)8-13(16)7-11/h6-8,14H,3-5,9-10,16H2,1-2H3. The fraction of sp³-hybridized carbons (Fsp3) is 0.571. The fourth-order valence-electron chi connectivity index (χ4n) is 2.62. The van der Waals surface area contributed by atoms with E-state index in [4.69, 9.17) is 17.3 Å². The summed E-state index contributed by atoms with van der Waals surface area (Å²) in [6.07, 6.45) is 1.20. The molecule has 0 spiro atoms. The van der Waals surface area contributed by atoms with E-state index in [1.165, 1.54) is 12.0 Å². The lowest BCUT2D eigenvalue weighted by Crippen LogP contribution is -2.50. The van der Waals surface area contributed by atoms with Crippen molar-refractivity contribution in [3.63, 3.8) is 0 Å². The van der Waals surface area contributed by atoms with Crippen LogP contribution < -0.4 is 5.73 Å².